The largest absolute Gasteiger partial charge is 0.396 e. The summed E-state index contributed by atoms with van der Waals surface area (Å²) in [6.45, 7) is 9.66. The molecule has 0 amide bonds. The van der Waals surface area contributed by atoms with Crippen LogP contribution in [0.5, 0.6) is 0 Å². The fraction of sp³-hybridized carbons (Fsp3) is 0.786. The summed E-state index contributed by atoms with van der Waals surface area (Å²) in [5.41, 5.74) is 2.33. The van der Waals surface area contributed by atoms with Crippen molar-refractivity contribution in [1.82, 2.24) is 9.78 Å². The van der Waals surface area contributed by atoms with Crippen molar-refractivity contribution in [2.75, 3.05) is 6.61 Å². The van der Waals surface area contributed by atoms with E-state index >= 15 is 0 Å². The van der Waals surface area contributed by atoms with Crippen molar-refractivity contribution in [2.45, 2.75) is 59.9 Å². The first kappa shape index (κ1) is 15.7. The average molecular weight is 317 g/mol. The average Bonchev–Trinajstić information content (AvgIpc) is 2.72. The Morgan fingerprint density at radius 1 is 1.22 bits per heavy atom. The van der Waals surface area contributed by atoms with Crippen LogP contribution in [-0.2, 0) is 19.4 Å². The van der Waals surface area contributed by atoms with Crippen molar-refractivity contribution in [3.8, 4) is 0 Å². The second-order valence-corrected chi connectivity index (χ2v) is 5.71. The fourth-order valence-corrected chi connectivity index (χ4v) is 3.03. The SMILES string of the molecule is CCc1nn(CC)c(CC(CC)(CC)CO)c1Br. The number of nitrogens with zero attached hydrogens (tertiary/aromatic N) is 2. The highest BCUT2D eigenvalue weighted by Crippen LogP contribution is 2.34. The zero-order chi connectivity index (χ0) is 13.8. The summed E-state index contributed by atoms with van der Waals surface area (Å²) < 4.78 is 3.20. The van der Waals surface area contributed by atoms with E-state index < -0.39 is 0 Å². The molecule has 0 radical (unpaired) electrons. The van der Waals surface area contributed by atoms with Crippen LogP contribution in [0.25, 0.3) is 0 Å². The molecule has 0 aliphatic carbocycles. The maximum atomic E-state index is 9.71. The van der Waals surface area contributed by atoms with Crippen LogP contribution in [0.15, 0.2) is 4.47 Å². The van der Waals surface area contributed by atoms with Gasteiger partial charge in [-0.05, 0) is 54.0 Å². The molecule has 104 valence electrons. The second-order valence-electron chi connectivity index (χ2n) is 4.92. The van der Waals surface area contributed by atoms with Crippen molar-refractivity contribution in [1.29, 1.82) is 0 Å². The van der Waals surface area contributed by atoms with E-state index in [0.717, 1.165) is 42.4 Å². The van der Waals surface area contributed by atoms with Gasteiger partial charge in [0, 0.05) is 13.2 Å². The maximum absolute atomic E-state index is 9.71. The summed E-state index contributed by atoms with van der Waals surface area (Å²) >= 11 is 3.68. The Hall–Kier alpha value is -0.350. The van der Waals surface area contributed by atoms with E-state index in [4.69, 9.17) is 0 Å². The van der Waals surface area contributed by atoms with E-state index in [2.05, 4.69) is 53.4 Å². The fourth-order valence-electron chi connectivity index (χ4n) is 2.32. The van der Waals surface area contributed by atoms with E-state index in [0.29, 0.717) is 0 Å². The lowest BCUT2D eigenvalue weighted by atomic mass is 9.79. The summed E-state index contributed by atoms with van der Waals surface area (Å²) in [4.78, 5) is 0. The lowest BCUT2D eigenvalue weighted by molar-refractivity contribution is 0.112. The Bertz CT molecular complexity index is 375. The Morgan fingerprint density at radius 2 is 1.83 bits per heavy atom. The van der Waals surface area contributed by atoms with Crippen LogP contribution >= 0.6 is 15.9 Å². The molecule has 0 spiro atoms. The van der Waals surface area contributed by atoms with Crippen molar-refractivity contribution in [3.05, 3.63) is 15.9 Å². The number of halogens is 1. The monoisotopic (exact) mass is 316 g/mol. The van der Waals surface area contributed by atoms with Crippen molar-refractivity contribution in [3.63, 3.8) is 0 Å². The first-order valence-corrected chi connectivity index (χ1v) is 7.71. The Kier molecular flexibility index (Phi) is 5.86. The Balaban J connectivity index is 3.12. The highest BCUT2D eigenvalue weighted by molar-refractivity contribution is 9.10. The quantitative estimate of drug-likeness (QED) is 0.835. The molecule has 0 saturated carbocycles. The Morgan fingerprint density at radius 3 is 2.22 bits per heavy atom. The molecule has 18 heavy (non-hydrogen) atoms. The van der Waals surface area contributed by atoms with E-state index in [-0.39, 0.29) is 12.0 Å². The van der Waals surface area contributed by atoms with Gasteiger partial charge in [0.05, 0.1) is 15.9 Å². The molecule has 1 aromatic heterocycles. The number of aliphatic hydroxyl groups excluding tert-OH is 1. The van der Waals surface area contributed by atoms with Crippen LogP contribution in [0.1, 0.15) is 51.9 Å². The van der Waals surface area contributed by atoms with Crippen molar-refractivity contribution >= 4 is 15.9 Å². The van der Waals surface area contributed by atoms with Gasteiger partial charge in [-0.3, -0.25) is 4.68 Å². The smallest absolute Gasteiger partial charge is 0.0766 e. The van der Waals surface area contributed by atoms with Crippen molar-refractivity contribution < 1.29 is 5.11 Å². The van der Waals surface area contributed by atoms with Crippen LogP contribution in [0, 0.1) is 5.41 Å². The van der Waals surface area contributed by atoms with Gasteiger partial charge in [0.2, 0.25) is 0 Å². The number of aromatic nitrogens is 2. The van der Waals surface area contributed by atoms with E-state index in [1.54, 1.807) is 0 Å². The zero-order valence-electron chi connectivity index (χ0n) is 12.0. The number of hydrogen-bond acceptors (Lipinski definition) is 2. The number of aryl methyl sites for hydroxylation is 2. The van der Waals surface area contributed by atoms with Crippen LogP contribution < -0.4 is 0 Å². The zero-order valence-corrected chi connectivity index (χ0v) is 13.5. The molecule has 0 bridgehead atoms. The molecule has 4 heteroatoms. The molecule has 0 saturated heterocycles. The van der Waals surface area contributed by atoms with Crippen LogP contribution in [0.3, 0.4) is 0 Å². The molecular weight excluding hydrogens is 292 g/mol. The molecule has 1 rings (SSSR count). The number of hydrogen-bond donors (Lipinski definition) is 1. The summed E-state index contributed by atoms with van der Waals surface area (Å²) in [5.74, 6) is 0. The van der Waals surface area contributed by atoms with Gasteiger partial charge in [-0.2, -0.15) is 5.10 Å². The maximum Gasteiger partial charge on any atom is 0.0766 e. The van der Waals surface area contributed by atoms with E-state index in [1.807, 2.05) is 0 Å². The highest BCUT2D eigenvalue weighted by Gasteiger charge is 2.29. The lowest BCUT2D eigenvalue weighted by Gasteiger charge is -2.29. The molecule has 1 heterocycles. The van der Waals surface area contributed by atoms with Gasteiger partial charge in [0.15, 0.2) is 0 Å². The molecule has 1 N–H and O–H groups in total. The molecule has 0 aromatic carbocycles. The topological polar surface area (TPSA) is 38.0 Å². The first-order valence-electron chi connectivity index (χ1n) is 6.92. The highest BCUT2D eigenvalue weighted by atomic mass is 79.9. The molecule has 0 atom stereocenters. The molecule has 0 unspecified atom stereocenters. The molecule has 3 nitrogen and oxygen atoms in total. The molecule has 0 aliphatic rings. The standard InChI is InChI=1S/C14H25BrN2O/c1-5-11-13(15)12(17(8-4)16-11)9-14(6-2,7-3)10-18/h18H,5-10H2,1-4H3. The Labute approximate surface area is 119 Å². The van der Waals surface area contributed by atoms with Gasteiger partial charge in [-0.1, -0.05) is 20.8 Å². The minimum absolute atomic E-state index is 0.0134. The third-order valence-corrected chi connectivity index (χ3v) is 4.99. The molecule has 0 aliphatic heterocycles. The third kappa shape index (κ3) is 2.97. The van der Waals surface area contributed by atoms with Gasteiger partial charge in [-0.25, -0.2) is 0 Å². The summed E-state index contributed by atoms with van der Waals surface area (Å²) in [5, 5.41) is 14.3. The van der Waals surface area contributed by atoms with Crippen LogP contribution in [-0.4, -0.2) is 21.5 Å². The molecule has 1 aromatic rings. The lowest BCUT2D eigenvalue weighted by Crippen LogP contribution is -2.28. The predicted octanol–water partition coefficient (Wildman–Crippen LogP) is 3.57. The molecule has 0 fully saturated rings. The summed E-state index contributed by atoms with van der Waals surface area (Å²) in [7, 11) is 0. The van der Waals surface area contributed by atoms with Gasteiger partial charge in [0.1, 0.15) is 0 Å². The summed E-state index contributed by atoms with van der Waals surface area (Å²) in [6.07, 6.45) is 3.80. The van der Waals surface area contributed by atoms with E-state index in [1.165, 1.54) is 5.69 Å². The van der Waals surface area contributed by atoms with Gasteiger partial charge in [-0.15, -0.1) is 0 Å². The number of aliphatic hydroxyl groups is 1. The van der Waals surface area contributed by atoms with Crippen LogP contribution in [0.4, 0.5) is 0 Å². The second kappa shape index (κ2) is 6.71. The number of rotatable bonds is 7. The van der Waals surface area contributed by atoms with Crippen LogP contribution in [0.2, 0.25) is 0 Å². The molecular formula is C14H25BrN2O. The van der Waals surface area contributed by atoms with Crippen molar-refractivity contribution in [2.24, 2.45) is 5.41 Å². The predicted molar refractivity (Wildman–Crippen MR) is 78.8 cm³/mol. The van der Waals surface area contributed by atoms with E-state index in [9.17, 15) is 5.11 Å². The van der Waals surface area contributed by atoms with Gasteiger partial charge in [0.25, 0.3) is 0 Å². The third-order valence-electron chi connectivity index (χ3n) is 4.07. The van der Waals surface area contributed by atoms with Gasteiger partial charge >= 0.3 is 0 Å². The first-order chi connectivity index (χ1) is 8.57. The van der Waals surface area contributed by atoms with Gasteiger partial charge < -0.3 is 5.11 Å². The minimum atomic E-state index is -0.0134. The normalized spacial score (nSPS) is 12.1. The summed E-state index contributed by atoms with van der Waals surface area (Å²) in [6, 6.07) is 0. The minimum Gasteiger partial charge on any atom is -0.396 e.